The van der Waals surface area contributed by atoms with Crippen LogP contribution in [0.25, 0.3) is 0 Å². The van der Waals surface area contributed by atoms with E-state index in [4.69, 9.17) is 0 Å². The lowest BCUT2D eigenvalue weighted by molar-refractivity contribution is -0.150. The van der Waals surface area contributed by atoms with E-state index in [2.05, 4.69) is 32.3 Å². The lowest BCUT2D eigenvalue weighted by Crippen LogP contribution is -2.40. The summed E-state index contributed by atoms with van der Waals surface area (Å²) in [4.78, 5) is 13.5. The molecule has 0 atom stereocenters. The van der Waals surface area contributed by atoms with Crippen molar-refractivity contribution in [2.45, 2.75) is 33.2 Å². The minimum Gasteiger partial charge on any atom is -0.481 e. The molecule has 102 valence electrons. The average Bonchev–Trinajstić information content (AvgIpc) is 2.71. The number of aliphatic carboxylic acids is 1. The van der Waals surface area contributed by atoms with Gasteiger partial charge in [-0.2, -0.15) is 0 Å². The van der Waals surface area contributed by atoms with Crippen molar-refractivity contribution >= 4 is 33.2 Å². The van der Waals surface area contributed by atoms with E-state index in [-0.39, 0.29) is 0 Å². The van der Waals surface area contributed by atoms with E-state index in [0.29, 0.717) is 19.4 Å². The van der Waals surface area contributed by atoms with Gasteiger partial charge >= 0.3 is 5.97 Å². The van der Waals surface area contributed by atoms with Gasteiger partial charge in [0, 0.05) is 13.1 Å². The molecular weight excluding hydrogens is 314 g/mol. The van der Waals surface area contributed by atoms with Crippen LogP contribution in [0.3, 0.4) is 0 Å². The molecule has 0 spiro atoms. The molecule has 0 saturated heterocycles. The first-order valence-electron chi connectivity index (χ1n) is 6.08. The first kappa shape index (κ1) is 15.7. The van der Waals surface area contributed by atoms with Crippen LogP contribution in [0.2, 0.25) is 0 Å². The van der Waals surface area contributed by atoms with Crippen molar-refractivity contribution in [2.24, 2.45) is 5.41 Å². The van der Waals surface area contributed by atoms with Crippen LogP contribution in [0, 0.1) is 5.41 Å². The SMILES string of the molecule is CCC(CC)(CN(C)Cc1csc(Br)c1)C(=O)O. The molecule has 5 heteroatoms. The monoisotopic (exact) mass is 333 g/mol. The maximum Gasteiger partial charge on any atom is 0.310 e. The molecule has 1 aromatic rings. The Kier molecular flexibility index (Phi) is 5.82. The number of halogens is 1. The zero-order valence-electron chi connectivity index (χ0n) is 11.1. The maximum absolute atomic E-state index is 11.4. The highest BCUT2D eigenvalue weighted by molar-refractivity contribution is 9.11. The largest absolute Gasteiger partial charge is 0.481 e. The summed E-state index contributed by atoms with van der Waals surface area (Å²) in [5, 5.41) is 11.5. The van der Waals surface area contributed by atoms with E-state index in [0.717, 1.165) is 10.3 Å². The Hall–Kier alpha value is -0.390. The minimum atomic E-state index is -0.689. The van der Waals surface area contributed by atoms with Crippen LogP contribution in [0.4, 0.5) is 0 Å². The van der Waals surface area contributed by atoms with Gasteiger partial charge in [0.1, 0.15) is 0 Å². The summed E-state index contributed by atoms with van der Waals surface area (Å²) in [7, 11) is 1.98. The molecule has 1 aromatic heterocycles. The highest BCUT2D eigenvalue weighted by Gasteiger charge is 2.35. The quantitative estimate of drug-likeness (QED) is 0.824. The Balaban J connectivity index is 2.67. The van der Waals surface area contributed by atoms with Crippen molar-refractivity contribution in [3.05, 3.63) is 20.8 Å². The molecular formula is C13H20BrNO2S. The Morgan fingerprint density at radius 1 is 1.50 bits per heavy atom. The van der Waals surface area contributed by atoms with Gasteiger partial charge < -0.3 is 10.0 Å². The highest BCUT2D eigenvalue weighted by Crippen LogP contribution is 2.29. The van der Waals surface area contributed by atoms with Crippen LogP contribution in [-0.4, -0.2) is 29.6 Å². The maximum atomic E-state index is 11.4. The molecule has 3 nitrogen and oxygen atoms in total. The topological polar surface area (TPSA) is 40.5 Å². The fourth-order valence-electron chi connectivity index (χ4n) is 2.16. The van der Waals surface area contributed by atoms with Gasteiger partial charge in [-0.3, -0.25) is 4.79 Å². The molecule has 1 N–H and O–H groups in total. The second kappa shape index (κ2) is 6.68. The van der Waals surface area contributed by atoms with Gasteiger partial charge in [0.05, 0.1) is 9.20 Å². The molecule has 0 saturated carbocycles. The summed E-state index contributed by atoms with van der Waals surface area (Å²) >= 11 is 5.10. The van der Waals surface area contributed by atoms with Gasteiger partial charge in [-0.1, -0.05) is 13.8 Å². The van der Waals surface area contributed by atoms with Crippen LogP contribution >= 0.6 is 27.3 Å². The molecule has 0 aliphatic rings. The molecule has 0 aliphatic carbocycles. The number of thiophene rings is 1. The number of carboxylic acids is 1. The first-order chi connectivity index (χ1) is 8.43. The molecule has 1 heterocycles. The third kappa shape index (κ3) is 3.80. The van der Waals surface area contributed by atoms with Gasteiger partial charge in [0.15, 0.2) is 0 Å². The number of carboxylic acid groups (broad SMARTS) is 1. The van der Waals surface area contributed by atoms with Crippen molar-refractivity contribution < 1.29 is 9.90 Å². The third-order valence-electron chi connectivity index (χ3n) is 3.45. The molecule has 0 fully saturated rings. The van der Waals surface area contributed by atoms with E-state index < -0.39 is 11.4 Å². The van der Waals surface area contributed by atoms with E-state index in [1.54, 1.807) is 11.3 Å². The molecule has 0 radical (unpaired) electrons. The fraction of sp³-hybridized carbons (Fsp3) is 0.615. The summed E-state index contributed by atoms with van der Waals surface area (Å²) < 4.78 is 1.11. The van der Waals surface area contributed by atoms with Crippen LogP contribution in [0.15, 0.2) is 15.2 Å². The van der Waals surface area contributed by atoms with Gasteiger partial charge in [0.25, 0.3) is 0 Å². The van der Waals surface area contributed by atoms with E-state index in [1.165, 1.54) is 5.56 Å². The van der Waals surface area contributed by atoms with Crippen molar-refractivity contribution in [2.75, 3.05) is 13.6 Å². The number of nitrogens with zero attached hydrogens (tertiary/aromatic N) is 1. The second-order valence-corrected chi connectivity index (χ2v) is 7.01. The number of hydrogen-bond donors (Lipinski definition) is 1. The van der Waals surface area contributed by atoms with Crippen molar-refractivity contribution in [1.29, 1.82) is 0 Å². The van der Waals surface area contributed by atoms with Crippen molar-refractivity contribution in [3.8, 4) is 0 Å². The standard InChI is InChI=1S/C13H20BrNO2S/c1-4-13(5-2,12(16)17)9-15(3)7-10-6-11(14)18-8-10/h6,8H,4-5,7,9H2,1-3H3,(H,16,17). The second-order valence-electron chi connectivity index (χ2n) is 4.72. The van der Waals surface area contributed by atoms with Gasteiger partial charge in [-0.15, -0.1) is 11.3 Å². The highest BCUT2D eigenvalue weighted by atomic mass is 79.9. The van der Waals surface area contributed by atoms with E-state index >= 15 is 0 Å². The predicted molar refractivity (Wildman–Crippen MR) is 79.0 cm³/mol. The molecule has 0 bridgehead atoms. The Bertz CT molecular complexity index is 401. The summed E-state index contributed by atoms with van der Waals surface area (Å²) in [6.07, 6.45) is 1.33. The fourth-order valence-corrected chi connectivity index (χ4v) is 3.36. The molecule has 1 rings (SSSR count). The lowest BCUT2D eigenvalue weighted by Gasteiger charge is -2.31. The van der Waals surface area contributed by atoms with Crippen LogP contribution < -0.4 is 0 Å². The Morgan fingerprint density at radius 2 is 2.11 bits per heavy atom. The molecule has 0 unspecified atom stereocenters. The zero-order chi connectivity index (χ0) is 13.8. The smallest absolute Gasteiger partial charge is 0.310 e. The van der Waals surface area contributed by atoms with Crippen molar-refractivity contribution in [3.63, 3.8) is 0 Å². The normalized spacial score (nSPS) is 12.1. The first-order valence-corrected chi connectivity index (χ1v) is 7.75. The molecule has 0 aromatic carbocycles. The lowest BCUT2D eigenvalue weighted by atomic mass is 9.82. The van der Waals surface area contributed by atoms with Crippen LogP contribution in [0.1, 0.15) is 32.3 Å². The number of carbonyl (C=O) groups is 1. The molecule has 0 amide bonds. The average molecular weight is 334 g/mol. The zero-order valence-corrected chi connectivity index (χ0v) is 13.5. The number of hydrogen-bond acceptors (Lipinski definition) is 3. The Morgan fingerprint density at radius 3 is 2.50 bits per heavy atom. The summed E-state index contributed by atoms with van der Waals surface area (Å²) in [6.45, 7) is 5.28. The van der Waals surface area contributed by atoms with Crippen LogP contribution in [0.5, 0.6) is 0 Å². The van der Waals surface area contributed by atoms with Gasteiger partial charge in [0.2, 0.25) is 0 Å². The summed E-state index contributed by atoms with van der Waals surface area (Å²) in [5.74, 6) is -0.689. The summed E-state index contributed by atoms with van der Waals surface area (Å²) in [5.41, 5.74) is 0.600. The summed E-state index contributed by atoms with van der Waals surface area (Å²) in [6, 6.07) is 2.08. The Labute approximate surface area is 121 Å². The van der Waals surface area contributed by atoms with Crippen LogP contribution in [-0.2, 0) is 11.3 Å². The van der Waals surface area contributed by atoms with E-state index in [9.17, 15) is 9.90 Å². The van der Waals surface area contributed by atoms with Gasteiger partial charge in [-0.05, 0) is 52.8 Å². The van der Waals surface area contributed by atoms with Crippen molar-refractivity contribution in [1.82, 2.24) is 4.90 Å². The third-order valence-corrected chi connectivity index (χ3v) is 5.01. The minimum absolute atomic E-state index is 0.586. The molecule has 18 heavy (non-hydrogen) atoms. The van der Waals surface area contributed by atoms with Gasteiger partial charge in [-0.25, -0.2) is 0 Å². The van der Waals surface area contributed by atoms with E-state index in [1.807, 2.05) is 20.9 Å². The molecule has 0 aliphatic heterocycles. The number of rotatable bonds is 7. The predicted octanol–water partition coefficient (Wildman–Crippen LogP) is 3.83.